The van der Waals surface area contributed by atoms with E-state index in [9.17, 15) is 4.79 Å². The van der Waals surface area contributed by atoms with E-state index in [1.165, 1.54) is 29.5 Å². The summed E-state index contributed by atoms with van der Waals surface area (Å²) in [6, 6.07) is 6.47. The highest BCUT2D eigenvalue weighted by Gasteiger charge is 2.36. The maximum absolute atomic E-state index is 12.0. The molecule has 0 spiro atoms. The monoisotopic (exact) mass is 244 g/mol. The second kappa shape index (κ2) is 4.39. The van der Waals surface area contributed by atoms with Gasteiger partial charge in [0, 0.05) is 6.54 Å². The predicted molar refractivity (Wildman–Crippen MR) is 71.1 cm³/mol. The van der Waals surface area contributed by atoms with E-state index in [0.717, 1.165) is 12.5 Å². The lowest BCUT2D eigenvalue weighted by Gasteiger charge is -2.26. The minimum Gasteiger partial charge on any atom is -0.322 e. The fraction of sp³-hybridized carbons (Fsp3) is 0.533. The minimum atomic E-state index is 0.0821. The number of aryl methyl sites for hydroxylation is 2. The summed E-state index contributed by atoms with van der Waals surface area (Å²) < 4.78 is 0. The SMILES string of the molecule is Cc1ccc(C2NCC(=O)N2CC2CC2)c(C)c1. The Labute approximate surface area is 108 Å². The minimum absolute atomic E-state index is 0.0821. The van der Waals surface area contributed by atoms with Gasteiger partial charge in [-0.15, -0.1) is 0 Å². The molecule has 0 radical (unpaired) electrons. The first-order valence-electron chi connectivity index (χ1n) is 6.75. The molecule has 96 valence electrons. The van der Waals surface area contributed by atoms with Crippen molar-refractivity contribution in [3.05, 3.63) is 34.9 Å². The van der Waals surface area contributed by atoms with E-state index in [0.29, 0.717) is 6.54 Å². The second-order valence-electron chi connectivity index (χ2n) is 5.63. The van der Waals surface area contributed by atoms with Gasteiger partial charge in [0.15, 0.2) is 0 Å². The summed E-state index contributed by atoms with van der Waals surface area (Å²) >= 11 is 0. The van der Waals surface area contributed by atoms with Crippen molar-refractivity contribution in [2.75, 3.05) is 13.1 Å². The Morgan fingerprint density at radius 2 is 2.11 bits per heavy atom. The average Bonchev–Trinajstić information content (AvgIpc) is 3.06. The molecule has 1 heterocycles. The molecular weight excluding hydrogens is 224 g/mol. The highest BCUT2D eigenvalue weighted by atomic mass is 16.2. The summed E-state index contributed by atoms with van der Waals surface area (Å²) in [5, 5.41) is 3.34. The van der Waals surface area contributed by atoms with Gasteiger partial charge in [0.2, 0.25) is 5.91 Å². The van der Waals surface area contributed by atoms with Crippen LogP contribution < -0.4 is 5.32 Å². The smallest absolute Gasteiger partial charge is 0.238 e. The van der Waals surface area contributed by atoms with E-state index in [4.69, 9.17) is 0 Å². The summed E-state index contributed by atoms with van der Waals surface area (Å²) in [7, 11) is 0. The maximum atomic E-state index is 12.0. The molecule has 1 N–H and O–H groups in total. The molecule has 0 aromatic heterocycles. The summed E-state index contributed by atoms with van der Waals surface area (Å²) in [6.45, 7) is 5.63. The molecule has 2 fully saturated rings. The average molecular weight is 244 g/mol. The van der Waals surface area contributed by atoms with E-state index >= 15 is 0 Å². The van der Waals surface area contributed by atoms with Gasteiger partial charge in [-0.2, -0.15) is 0 Å². The number of rotatable bonds is 3. The maximum Gasteiger partial charge on any atom is 0.238 e. The van der Waals surface area contributed by atoms with E-state index in [2.05, 4.69) is 37.4 Å². The van der Waals surface area contributed by atoms with Crippen molar-refractivity contribution in [2.45, 2.75) is 32.9 Å². The van der Waals surface area contributed by atoms with Crippen LogP contribution in [0.3, 0.4) is 0 Å². The fourth-order valence-electron chi connectivity index (χ4n) is 2.74. The van der Waals surface area contributed by atoms with Crippen LogP contribution in [0.4, 0.5) is 0 Å². The van der Waals surface area contributed by atoms with Crippen LogP contribution in [-0.2, 0) is 4.79 Å². The third-order valence-corrected chi connectivity index (χ3v) is 3.95. The highest BCUT2D eigenvalue weighted by Crippen LogP contribution is 2.34. The molecule has 1 atom stereocenters. The molecule has 3 nitrogen and oxygen atoms in total. The quantitative estimate of drug-likeness (QED) is 0.883. The van der Waals surface area contributed by atoms with Crippen molar-refractivity contribution in [1.29, 1.82) is 0 Å². The molecule has 1 amide bonds. The molecule has 1 unspecified atom stereocenters. The Morgan fingerprint density at radius 3 is 2.78 bits per heavy atom. The Bertz CT molecular complexity index is 479. The molecule has 0 bridgehead atoms. The van der Waals surface area contributed by atoms with Crippen molar-refractivity contribution in [3.8, 4) is 0 Å². The summed E-state index contributed by atoms with van der Waals surface area (Å²) in [4.78, 5) is 14.0. The van der Waals surface area contributed by atoms with Crippen LogP contribution in [0.5, 0.6) is 0 Å². The third kappa shape index (κ3) is 2.15. The molecule has 1 saturated heterocycles. The topological polar surface area (TPSA) is 32.3 Å². The molecule has 1 aromatic carbocycles. The number of hydrogen-bond donors (Lipinski definition) is 1. The van der Waals surface area contributed by atoms with Crippen LogP contribution in [0.15, 0.2) is 18.2 Å². The normalized spacial score (nSPS) is 23.8. The van der Waals surface area contributed by atoms with Gasteiger partial charge in [0.25, 0.3) is 0 Å². The van der Waals surface area contributed by atoms with Gasteiger partial charge in [-0.3, -0.25) is 10.1 Å². The van der Waals surface area contributed by atoms with E-state index < -0.39 is 0 Å². The zero-order valence-corrected chi connectivity index (χ0v) is 11.1. The summed E-state index contributed by atoms with van der Waals surface area (Å²) in [6.07, 6.45) is 2.64. The van der Waals surface area contributed by atoms with Crippen LogP contribution in [-0.4, -0.2) is 23.9 Å². The van der Waals surface area contributed by atoms with Gasteiger partial charge in [-0.1, -0.05) is 23.8 Å². The first-order valence-corrected chi connectivity index (χ1v) is 6.75. The molecule has 3 rings (SSSR count). The lowest BCUT2D eigenvalue weighted by atomic mass is 10.0. The van der Waals surface area contributed by atoms with Gasteiger partial charge < -0.3 is 4.90 Å². The number of benzene rings is 1. The number of carbonyl (C=O) groups is 1. The third-order valence-electron chi connectivity index (χ3n) is 3.95. The molecule has 1 saturated carbocycles. The molecule has 1 aromatic rings. The molecule has 1 aliphatic carbocycles. The number of nitrogens with zero attached hydrogens (tertiary/aromatic N) is 1. The van der Waals surface area contributed by atoms with E-state index in [-0.39, 0.29) is 12.1 Å². The summed E-state index contributed by atoms with van der Waals surface area (Å²) in [5.41, 5.74) is 3.78. The number of carbonyl (C=O) groups excluding carboxylic acids is 1. The first-order chi connectivity index (χ1) is 8.65. The molecule has 1 aliphatic heterocycles. The Hall–Kier alpha value is -1.35. The zero-order valence-electron chi connectivity index (χ0n) is 11.1. The first kappa shape index (κ1) is 11.7. The van der Waals surface area contributed by atoms with Gasteiger partial charge >= 0.3 is 0 Å². The van der Waals surface area contributed by atoms with Gasteiger partial charge in [0.1, 0.15) is 6.17 Å². The van der Waals surface area contributed by atoms with Crippen molar-refractivity contribution in [1.82, 2.24) is 10.2 Å². The van der Waals surface area contributed by atoms with E-state index in [1.54, 1.807) is 0 Å². The van der Waals surface area contributed by atoms with Gasteiger partial charge in [-0.05, 0) is 43.7 Å². The summed E-state index contributed by atoms with van der Waals surface area (Å²) in [5.74, 6) is 0.981. The van der Waals surface area contributed by atoms with Crippen molar-refractivity contribution < 1.29 is 4.79 Å². The fourth-order valence-corrected chi connectivity index (χ4v) is 2.74. The highest BCUT2D eigenvalue weighted by molar-refractivity contribution is 5.81. The van der Waals surface area contributed by atoms with Crippen molar-refractivity contribution in [3.63, 3.8) is 0 Å². The second-order valence-corrected chi connectivity index (χ2v) is 5.63. The molecule has 3 heteroatoms. The van der Waals surface area contributed by atoms with Crippen LogP contribution in [0.25, 0.3) is 0 Å². The van der Waals surface area contributed by atoms with Crippen molar-refractivity contribution in [2.24, 2.45) is 5.92 Å². The predicted octanol–water partition coefficient (Wildman–Crippen LogP) is 2.14. The Balaban J connectivity index is 1.86. The molecule has 18 heavy (non-hydrogen) atoms. The van der Waals surface area contributed by atoms with E-state index in [1.807, 2.05) is 4.90 Å². The zero-order chi connectivity index (χ0) is 12.7. The van der Waals surface area contributed by atoms with Gasteiger partial charge in [-0.25, -0.2) is 0 Å². The van der Waals surface area contributed by atoms with Crippen LogP contribution >= 0.6 is 0 Å². The van der Waals surface area contributed by atoms with Crippen molar-refractivity contribution >= 4 is 5.91 Å². The van der Waals surface area contributed by atoms with Crippen LogP contribution in [0.2, 0.25) is 0 Å². The van der Waals surface area contributed by atoms with Crippen LogP contribution in [0.1, 0.15) is 35.7 Å². The molecule has 2 aliphatic rings. The number of amides is 1. The Morgan fingerprint density at radius 1 is 1.33 bits per heavy atom. The van der Waals surface area contributed by atoms with Gasteiger partial charge in [0.05, 0.1) is 6.54 Å². The largest absolute Gasteiger partial charge is 0.322 e. The lowest BCUT2D eigenvalue weighted by Crippen LogP contribution is -2.32. The van der Waals surface area contributed by atoms with Crippen LogP contribution in [0, 0.1) is 19.8 Å². The molecular formula is C15H20N2O. The lowest BCUT2D eigenvalue weighted by molar-refractivity contribution is -0.128. The Kier molecular flexibility index (Phi) is 2.86. The number of nitrogens with one attached hydrogen (secondary N) is 1. The standard InChI is InChI=1S/C15H20N2O/c1-10-3-6-13(11(2)7-10)15-16-8-14(18)17(15)9-12-4-5-12/h3,6-7,12,15-16H,4-5,8-9H2,1-2H3. The number of hydrogen-bond acceptors (Lipinski definition) is 2.